The van der Waals surface area contributed by atoms with Gasteiger partial charge in [0.2, 0.25) is 0 Å². The van der Waals surface area contributed by atoms with Gasteiger partial charge in [-0.2, -0.15) is 0 Å². The smallest absolute Gasteiger partial charge is 0.0494 e. The van der Waals surface area contributed by atoms with Gasteiger partial charge in [0.05, 0.1) is 0 Å². The second-order valence-electron chi connectivity index (χ2n) is 8.05. The van der Waals surface area contributed by atoms with Gasteiger partial charge in [-0.3, -0.25) is 4.98 Å². The van der Waals surface area contributed by atoms with Crippen LogP contribution in [0.4, 0.5) is 11.4 Å². The molecule has 2 heteroatoms. The number of rotatable bonds is 0. The Morgan fingerprint density at radius 2 is 1.72 bits per heavy atom. The number of aromatic nitrogens is 1. The molecule has 1 N–H and O–H groups in total. The number of pyridine rings is 1. The molecule has 0 saturated carbocycles. The predicted molar refractivity (Wildman–Crippen MR) is 124 cm³/mol. The summed E-state index contributed by atoms with van der Waals surface area (Å²) in [7, 11) is 0. The van der Waals surface area contributed by atoms with Gasteiger partial charge >= 0.3 is 0 Å². The Morgan fingerprint density at radius 1 is 0.862 bits per heavy atom. The van der Waals surface area contributed by atoms with E-state index in [0.29, 0.717) is 0 Å². The molecule has 2 nitrogen and oxygen atoms in total. The molecular formula is C27H24N2. The van der Waals surface area contributed by atoms with E-state index >= 15 is 0 Å². The van der Waals surface area contributed by atoms with Gasteiger partial charge in [-0.05, 0) is 72.9 Å². The highest BCUT2D eigenvalue weighted by Crippen LogP contribution is 2.35. The lowest BCUT2D eigenvalue weighted by Crippen LogP contribution is -2.01. The van der Waals surface area contributed by atoms with Crippen molar-refractivity contribution in [1.29, 1.82) is 0 Å². The SMILES string of the molecule is C/C1=C\c2c(cc(C)nc2C)Nc2cccc(c2)-c2cc(cc3ccccc23)C1. The van der Waals surface area contributed by atoms with E-state index in [-0.39, 0.29) is 0 Å². The Labute approximate surface area is 171 Å². The van der Waals surface area contributed by atoms with Crippen molar-refractivity contribution in [1.82, 2.24) is 4.98 Å². The Balaban J connectivity index is 1.81. The Bertz CT molecular complexity index is 1280. The molecule has 0 radical (unpaired) electrons. The number of fused-ring (bicyclic) bond motifs is 8. The van der Waals surface area contributed by atoms with E-state index in [1.807, 2.05) is 0 Å². The first-order valence-corrected chi connectivity index (χ1v) is 10.1. The topological polar surface area (TPSA) is 24.9 Å². The second-order valence-corrected chi connectivity index (χ2v) is 8.05. The van der Waals surface area contributed by atoms with Crippen LogP contribution in [0.3, 0.4) is 0 Å². The number of aryl methyl sites for hydroxylation is 2. The van der Waals surface area contributed by atoms with Crippen LogP contribution in [0, 0.1) is 13.8 Å². The maximum atomic E-state index is 4.70. The summed E-state index contributed by atoms with van der Waals surface area (Å²) >= 11 is 0. The lowest BCUT2D eigenvalue weighted by atomic mass is 9.92. The molecule has 2 heterocycles. The number of benzene rings is 3. The zero-order valence-electron chi connectivity index (χ0n) is 17.1. The minimum absolute atomic E-state index is 0.921. The Kier molecular flexibility index (Phi) is 4.21. The highest BCUT2D eigenvalue weighted by atomic mass is 14.9. The summed E-state index contributed by atoms with van der Waals surface area (Å²) in [6.07, 6.45) is 3.20. The minimum atomic E-state index is 0.921. The molecule has 0 fully saturated rings. The highest BCUT2D eigenvalue weighted by molar-refractivity contribution is 5.98. The van der Waals surface area contributed by atoms with Crippen LogP contribution in [-0.4, -0.2) is 4.98 Å². The number of hydrogen-bond acceptors (Lipinski definition) is 2. The van der Waals surface area contributed by atoms with Gasteiger partial charge in [0, 0.05) is 28.3 Å². The number of nitrogens with zero attached hydrogens (tertiary/aromatic N) is 1. The quantitative estimate of drug-likeness (QED) is 0.350. The fraction of sp³-hybridized carbons (Fsp3) is 0.148. The molecule has 0 spiro atoms. The van der Waals surface area contributed by atoms with Crippen LogP contribution in [0.5, 0.6) is 0 Å². The van der Waals surface area contributed by atoms with Crippen LogP contribution in [0.1, 0.15) is 29.4 Å². The lowest BCUT2D eigenvalue weighted by molar-refractivity contribution is 1.11. The van der Waals surface area contributed by atoms with Crippen LogP contribution < -0.4 is 5.32 Å². The molecule has 0 saturated heterocycles. The number of anilines is 2. The van der Waals surface area contributed by atoms with E-state index in [2.05, 4.69) is 98.9 Å². The standard InChI is InChI=1S/C27H24N2/c1-17-11-20-14-21-7-4-5-10-24(21)26(15-20)22-8-6-9-23(16-22)29-27-13-18(2)28-19(3)25(27)12-17/h4-10,12-16,29H,11H2,1-3H3/b17-12+. The average molecular weight is 377 g/mol. The fourth-order valence-corrected chi connectivity index (χ4v) is 4.38. The van der Waals surface area contributed by atoms with Gasteiger partial charge < -0.3 is 5.32 Å². The maximum absolute atomic E-state index is 4.70. The van der Waals surface area contributed by atoms with Crippen molar-refractivity contribution in [3.05, 3.63) is 94.8 Å². The highest BCUT2D eigenvalue weighted by Gasteiger charge is 2.12. The van der Waals surface area contributed by atoms with Crippen LogP contribution in [0.15, 0.2) is 72.3 Å². The molecule has 5 rings (SSSR count). The zero-order chi connectivity index (χ0) is 20.0. The van der Waals surface area contributed by atoms with Crippen molar-refractivity contribution >= 4 is 28.2 Å². The summed E-state index contributed by atoms with van der Waals surface area (Å²) in [5.74, 6) is 0. The summed E-state index contributed by atoms with van der Waals surface area (Å²) in [5, 5.41) is 6.24. The van der Waals surface area contributed by atoms with E-state index in [1.54, 1.807) is 0 Å². The number of nitrogens with one attached hydrogen (secondary N) is 1. The van der Waals surface area contributed by atoms with E-state index in [1.165, 1.54) is 38.6 Å². The van der Waals surface area contributed by atoms with E-state index < -0.39 is 0 Å². The molecule has 3 aromatic carbocycles. The van der Waals surface area contributed by atoms with Crippen molar-refractivity contribution < 1.29 is 0 Å². The molecule has 29 heavy (non-hydrogen) atoms. The van der Waals surface area contributed by atoms with Crippen molar-refractivity contribution in [2.45, 2.75) is 27.2 Å². The largest absolute Gasteiger partial charge is 0.355 e. The van der Waals surface area contributed by atoms with Crippen molar-refractivity contribution in [3.8, 4) is 11.1 Å². The third-order valence-electron chi connectivity index (χ3n) is 5.63. The average Bonchev–Trinajstić information content (AvgIpc) is 2.69. The first-order chi connectivity index (χ1) is 14.1. The summed E-state index contributed by atoms with van der Waals surface area (Å²) in [6.45, 7) is 6.35. The maximum Gasteiger partial charge on any atom is 0.0494 e. The van der Waals surface area contributed by atoms with Crippen LogP contribution in [0.2, 0.25) is 0 Å². The molecule has 4 aromatic rings. The van der Waals surface area contributed by atoms with Gasteiger partial charge in [0.25, 0.3) is 0 Å². The van der Waals surface area contributed by atoms with Crippen molar-refractivity contribution in [2.75, 3.05) is 5.32 Å². The van der Waals surface area contributed by atoms with E-state index in [4.69, 9.17) is 4.98 Å². The summed E-state index contributed by atoms with van der Waals surface area (Å²) < 4.78 is 0. The zero-order valence-corrected chi connectivity index (χ0v) is 17.1. The molecule has 0 unspecified atom stereocenters. The Hall–Kier alpha value is -3.39. The van der Waals surface area contributed by atoms with Gasteiger partial charge in [-0.25, -0.2) is 0 Å². The van der Waals surface area contributed by atoms with Crippen LogP contribution >= 0.6 is 0 Å². The van der Waals surface area contributed by atoms with Crippen molar-refractivity contribution in [2.24, 2.45) is 0 Å². The number of allylic oxidation sites excluding steroid dienone is 1. The van der Waals surface area contributed by atoms with E-state index in [9.17, 15) is 0 Å². The van der Waals surface area contributed by atoms with Crippen LogP contribution in [-0.2, 0) is 6.42 Å². The summed E-state index contributed by atoms with van der Waals surface area (Å²) in [5.41, 5.74) is 10.6. The summed E-state index contributed by atoms with van der Waals surface area (Å²) in [4.78, 5) is 4.70. The van der Waals surface area contributed by atoms with Gasteiger partial charge in [0.15, 0.2) is 0 Å². The van der Waals surface area contributed by atoms with Crippen molar-refractivity contribution in [3.63, 3.8) is 0 Å². The molecule has 4 bridgehead atoms. The van der Waals surface area contributed by atoms with Gasteiger partial charge in [-0.15, -0.1) is 0 Å². The fourth-order valence-electron chi connectivity index (χ4n) is 4.38. The number of hydrogen-bond donors (Lipinski definition) is 1. The normalized spacial score (nSPS) is 14.8. The Morgan fingerprint density at radius 3 is 2.62 bits per heavy atom. The first-order valence-electron chi connectivity index (χ1n) is 10.1. The summed E-state index contributed by atoms with van der Waals surface area (Å²) in [6, 6.07) is 24.2. The molecule has 1 aliphatic rings. The molecule has 1 aromatic heterocycles. The monoisotopic (exact) mass is 376 g/mol. The third kappa shape index (κ3) is 3.31. The molecule has 0 atom stereocenters. The first kappa shape index (κ1) is 17.7. The van der Waals surface area contributed by atoms with Gasteiger partial charge in [-0.1, -0.05) is 60.2 Å². The molecular weight excluding hydrogens is 352 g/mol. The lowest BCUT2D eigenvalue weighted by Gasteiger charge is -2.17. The second kappa shape index (κ2) is 6.89. The van der Waals surface area contributed by atoms with Crippen LogP contribution in [0.25, 0.3) is 28.0 Å². The molecule has 1 aliphatic heterocycles. The minimum Gasteiger partial charge on any atom is -0.355 e. The van der Waals surface area contributed by atoms with Gasteiger partial charge in [0.1, 0.15) is 0 Å². The third-order valence-corrected chi connectivity index (χ3v) is 5.63. The molecule has 0 amide bonds. The predicted octanol–water partition coefficient (Wildman–Crippen LogP) is 7.22. The van der Waals surface area contributed by atoms with E-state index in [0.717, 1.165) is 29.2 Å². The molecule has 142 valence electrons. The molecule has 0 aliphatic carbocycles.